The van der Waals surface area contributed by atoms with Crippen LogP contribution in [0.25, 0.3) is 10.9 Å². The predicted octanol–water partition coefficient (Wildman–Crippen LogP) is 1.53. The van der Waals surface area contributed by atoms with Crippen LogP contribution in [0, 0.1) is 11.8 Å². The first-order chi connectivity index (χ1) is 10.5. The molecule has 2 unspecified atom stereocenters. The molecule has 0 radical (unpaired) electrons. The van der Waals surface area contributed by atoms with Gasteiger partial charge >= 0.3 is 0 Å². The van der Waals surface area contributed by atoms with Crippen molar-refractivity contribution in [3.63, 3.8) is 0 Å². The molecule has 1 saturated carbocycles. The Kier molecular flexibility index (Phi) is 3.52. The van der Waals surface area contributed by atoms with Crippen molar-refractivity contribution in [1.29, 1.82) is 0 Å². The van der Waals surface area contributed by atoms with E-state index in [1.807, 2.05) is 0 Å². The van der Waals surface area contributed by atoms with E-state index in [9.17, 15) is 13.6 Å². The van der Waals surface area contributed by atoms with Crippen molar-refractivity contribution in [2.45, 2.75) is 37.1 Å². The van der Waals surface area contributed by atoms with E-state index in [2.05, 4.69) is 9.97 Å². The first-order valence-electron chi connectivity index (χ1n) is 7.14. The molecule has 0 spiro atoms. The van der Waals surface area contributed by atoms with Crippen molar-refractivity contribution < 1.29 is 13.6 Å². The van der Waals surface area contributed by atoms with Crippen molar-refractivity contribution in [2.24, 2.45) is 11.5 Å². The van der Waals surface area contributed by atoms with Gasteiger partial charge in [0.05, 0.1) is 10.9 Å². The molecule has 2 atom stereocenters. The number of nitrogens with two attached hydrogens (primary N) is 2. The number of amides is 1. The number of benzene rings is 1. The van der Waals surface area contributed by atoms with Gasteiger partial charge in [0.15, 0.2) is 0 Å². The van der Waals surface area contributed by atoms with Gasteiger partial charge in [0, 0.05) is 6.04 Å². The summed E-state index contributed by atoms with van der Waals surface area (Å²) in [4.78, 5) is 20.0. The van der Waals surface area contributed by atoms with Gasteiger partial charge in [-0.1, -0.05) is 18.9 Å². The minimum absolute atomic E-state index is 0.0530. The van der Waals surface area contributed by atoms with E-state index in [4.69, 9.17) is 11.5 Å². The van der Waals surface area contributed by atoms with Gasteiger partial charge in [-0.2, -0.15) is 4.39 Å². The second-order valence-corrected chi connectivity index (χ2v) is 5.66. The lowest BCUT2D eigenvalue weighted by Crippen LogP contribution is -2.57. The maximum Gasteiger partial charge on any atom is 0.232 e. The summed E-state index contributed by atoms with van der Waals surface area (Å²) in [6.45, 7) is 0. The molecule has 22 heavy (non-hydrogen) atoms. The van der Waals surface area contributed by atoms with Gasteiger partial charge in [-0.15, -0.1) is 0 Å². The van der Waals surface area contributed by atoms with E-state index in [1.165, 1.54) is 12.1 Å². The summed E-state index contributed by atoms with van der Waals surface area (Å²) in [5.74, 6) is -2.48. The van der Waals surface area contributed by atoms with Gasteiger partial charge in [0.25, 0.3) is 0 Å². The molecule has 1 heterocycles. The second kappa shape index (κ2) is 5.24. The lowest BCUT2D eigenvalue weighted by Gasteiger charge is -2.38. The van der Waals surface area contributed by atoms with Crippen LogP contribution in [0.4, 0.5) is 8.78 Å². The van der Waals surface area contributed by atoms with Crippen LogP contribution in [0.15, 0.2) is 18.2 Å². The Morgan fingerprint density at radius 2 is 2.05 bits per heavy atom. The number of primary amides is 1. The van der Waals surface area contributed by atoms with Gasteiger partial charge in [-0.05, 0) is 25.0 Å². The zero-order valence-electron chi connectivity index (χ0n) is 11.9. The standard InChI is InChI=1S/C15H16F2N4O/c16-8-4-3-5-9-11(8)12(17)21-14(20-9)15(13(19)22)7-2-1-6-10(15)18/h3-5,10H,1-2,6-7,18H2,(H2,19,22). The third kappa shape index (κ3) is 2.04. The summed E-state index contributed by atoms with van der Waals surface area (Å²) >= 11 is 0. The minimum atomic E-state index is -1.31. The van der Waals surface area contributed by atoms with Gasteiger partial charge in [-0.3, -0.25) is 4.79 Å². The second-order valence-electron chi connectivity index (χ2n) is 5.66. The first-order valence-corrected chi connectivity index (χ1v) is 7.14. The highest BCUT2D eigenvalue weighted by Crippen LogP contribution is 2.37. The third-order valence-electron chi connectivity index (χ3n) is 4.44. The lowest BCUT2D eigenvalue weighted by molar-refractivity contribution is -0.125. The van der Waals surface area contributed by atoms with Crippen LogP contribution in [0.1, 0.15) is 31.5 Å². The minimum Gasteiger partial charge on any atom is -0.369 e. The Morgan fingerprint density at radius 3 is 2.73 bits per heavy atom. The summed E-state index contributed by atoms with van der Waals surface area (Å²) in [5, 5.41) is -0.296. The highest BCUT2D eigenvalue weighted by molar-refractivity contribution is 5.88. The summed E-state index contributed by atoms with van der Waals surface area (Å²) in [6, 6.07) is 3.44. The zero-order chi connectivity index (χ0) is 15.9. The van der Waals surface area contributed by atoms with Crippen molar-refractivity contribution in [3.05, 3.63) is 35.8 Å². The molecule has 4 N–H and O–H groups in total. The van der Waals surface area contributed by atoms with E-state index in [0.717, 1.165) is 18.9 Å². The first kappa shape index (κ1) is 14.8. The Morgan fingerprint density at radius 1 is 1.27 bits per heavy atom. The van der Waals surface area contributed by atoms with Gasteiger partial charge in [0.2, 0.25) is 11.9 Å². The van der Waals surface area contributed by atoms with Crippen molar-refractivity contribution in [1.82, 2.24) is 9.97 Å². The lowest BCUT2D eigenvalue weighted by atomic mass is 9.69. The molecule has 1 aliphatic carbocycles. The molecule has 116 valence electrons. The average Bonchev–Trinajstić information content (AvgIpc) is 2.47. The van der Waals surface area contributed by atoms with Crippen LogP contribution >= 0.6 is 0 Å². The number of fused-ring (bicyclic) bond motifs is 1. The fraction of sp³-hybridized carbons (Fsp3) is 0.400. The molecular formula is C15H16F2N4O. The Bertz CT molecular complexity index is 752. The summed E-state index contributed by atoms with van der Waals surface area (Å²) < 4.78 is 28.0. The number of rotatable bonds is 2. The summed E-state index contributed by atoms with van der Waals surface area (Å²) in [5.41, 5.74) is 10.4. The maximum absolute atomic E-state index is 14.2. The SMILES string of the molecule is NC(=O)C1(c2nc(F)c3c(F)cccc3n2)CCCCC1N. The number of hydrogen-bond donors (Lipinski definition) is 2. The molecule has 2 aromatic rings. The highest BCUT2D eigenvalue weighted by atomic mass is 19.1. The van der Waals surface area contributed by atoms with Crippen molar-refractivity contribution >= 4 is 16.8 Å². The Labute approximate surface area is 125 Å². The molecule has 0 aliphatic heterocycles. The van der Waals surface area contributed by atoms with E-state index in [0.29, 0.717) is 12.8 Å². The van der Waals surface area contributed by atoms with Gasteiger partial charge in [-0.25, -0.2) is 14.4 Å². The van der Waals surface area contributed by atoms with E-state index >= 15 is 0 Å². The quantitative estimate of drug-likeness (QED) is 0.823. The number of carbonyl (C=O) groups excluding carboxylic acids is 1. The molecule has 3 rings (SSSR count). The van der Waals surface area contributed by atoms with Crippen LogP contribution in [-0.4, -0.2) is 21.9 Å². The van der Waals surface area contributed by atoms with Crippen molar-refractivity contribution in [3.8, 4) is 0 Å². The van der Waals surface area contributed by atoms with Crippen LogP contribution in [-0.2, 0) is 10.2 Å². The number of aromatic nitrogens is 2. The number of halogens is 2. The van der Waals surface area contributed by atoms with Crippen LogP contribution in [0.2, 0.25) is 0 Å². The Hall–Kier alpha value is -2.15. The predicted molar refractivity (Wildman–Crippen MR) is 76.8 cm³/mol. The van der Waals surface area contributed by atoms with Crippen LogP contribution in [0.5, 0.6) is 0 Å². The van der Waals surface area contributed by atoms with Crippen molar-refractivity contribution in [2.75, 3.05) is 0 Å². The smallest absolute Gasteiger partial charge is 0.232 e. The fourth-order valence-electron chi connectivity index (χ4n) is 3.19. The third-order valence-corrected chi connectivity index (χ3v) is 4.44. The molecule has 5 nitrogen and oxygen atoms in total. The average molecular weight is 306 g/mol. The number of hydrogen-bond acceptors (Lipinski definition) is 4. The Balaban J connectivity index is 2.25. The molecule has 1 aromatic carbocycles. The molecular weight excluding hydrogens is 290 g/mol. The highest BCUT2D eigenvalue weighted by Gasteiger charge is 2.48. The normalized spacial score (nSPS) is 25.3. The topological polar surface area (TPSA) is 94.9 Å². The fourth-order valence-corrected chi connectivity index (χ4v) is 3.19. The largest absolute Gasteiger partial charge is 0.369 e. The van der Waals surface area contributed by atoms with E-state index < -0.39 is 29.1 Å². The molecule has 1 amide bonds. The van der Waals surface area contributed by atoms with Gasteiger partial charge < -0.3 is 11.5 Å². The van der Waals surface area contributed by atoms with Crippen LogP contribution < -0.4 is 11.5 Å². The van der Waals surface area contributed by atoms with Gasteiger partial charge in [0.1, 0.15) is 17.1 Å². The van der Waals surface area contributed by atoms with E-state index in [-0.39, 0.29) is 16.7 Å². The molecule has 0 saturated heterocycles. The molecule has 1 aliphatic rings. The van der Waals surface area contributed by atoms with E-state index in [1.54, 1.807) is 0 Å². The molecule has 7 heteroatoms. The monoisotopic (exact) mass is 306 g/mol. The maximum atomic E-state index is 14.2. The number of carbonyl (C=O) groups is 1. The zero-order valence-corrected chi connectivity index (χ0v) is 11.9. The molecule has 0 bridgehead atoms. The van der Waals surface area contributed by atoms with Crippen LogP contribution in [0.3, 0.4) is 0 Å². The summed E-state index contributed by atoms with van der Waals surface area (Å²) in [7, 11) is 0. The molecule has 1 aromatic heterocycles. The summed E-state index contributed by atoms with van der Waals surface area (Å²) in [6.07, 6.45) is 2.53. The molecule has 1 fully saturated rings. The number of nitrogens with zero attached hydrogens (tertiary/aromatic N) is 2.